The van der Waals surface area contributed by atoms with Gasteiger partial charge < -0.3 is 10.8 Å². The van der Waals surface area contributed by atoms with Crippen LogP contribution in [0.1, 0.15) is 11.6 Å². The predicted octanol–water partition coefficient (Wildman–Crippen LogP) is 2.67. The van der Waals surface area contributed by atoms with Crippen LogP contribution in [0.2, 0.25) is 5.02 Å². The Morgan fingerprint density at radius 3 is 2.24 bits per heavy atom. The summed E-state index contributed by atoms with van der Waals surface area (Å²) in [5.41, 5.74) is 4.21. The third kappa shape index (κ3) is 3.22. The molecule has 0 aromatic heterocycles. The normalized spacial score (nSPS) is 13.1. The van der Waals surface area contributed by atoms with Crippen LogP contribution in [0.25, 0.3) is 0 Å². The summed E-state index contributed by atoms with van der Waals surface area (Å²) >= 11 is 5.35. The largest absolute Gasteiger partial charge is 0.390 e. The second kappa shape index (κ2) is 5.86. The SMILES string of the molecule is Cl.N[C@H](c1c(F)ccc(F)c1Cl)C(F)(F)CO. The van der Waals surface area contributed by atoms with Gasteiger partial charge in [0.25, 0.3) is 5.92 Å². The van der Waals surface area contributed by atoms with Gasteiger partial charge in [-0.3, -0.25) is 0 Å². The zero-order valence-electron chi connectivity index (χ0n) is 8.26. The fourth-order valence-corrected chi connectivity index (χ4v) is 1.41. The van der Waals surface area contributed by atoms with E-state index in [2.05, 4.69) is 0 Å². The van der Waals surface area contributed by atoms with Gasteiger partial charge in [-0.15, -0.1) is 12.4 Å². The van der Waals surface area contributed by atoms with Crippen LogP contribution in [0.5, 0.6) is 0 Å². The van der Waals surface area contributed by atoms with Gasteiger partial charge >= 0.3 is 0 Å². The maximum atomic E-state index is 13.2. The van der Waals surface area contributed by atoms with E-state index in [1.54, 1.807) is 0 Å². The molecule has 1 aromatic rings. The first-order valence-electron chi connectivity index (χ1n) is 4.19. The van der Waals surface area contributed by atoms with Crippen LogP contribution in [0.4, 0.5) is 17.6 Å². The molecule has 0 amide bonds. The summed E-state index contributed by atoms with van der Waals surface area (Å²) in [5.74, 6) is -5.98. The Hall–Kier alpha value is -0.560. The Labute approximate surface area is 106 Å². The minimum Gasteiger partial charge on any atom is -0.390 e. The molecule has 0 aliphatic rings. The van der Waals surface area contributed by atoms with E-state index in [9.17, 15) is 17.6 Å². The molecule has 0 fully saturated rings. The van der Waals surface area contributed by atoms with E-state index in [1.165, 1.54) is 0 Å². The summed E-state index contributed by atoms with van der Waals surface area (Å²) in [6.07, 6.45) is 0. The average Bonchev–Trinajstić information content (AvgIpc) is 2.24. The minimum absolute atomic E-state index is 0. The molecule has 0 aliphatic heterocycles. The van der Waals surface area contributed by atoms with Crippen LogP contribution < -0.4 is 5.73 Å². The molecule has 0 radical (unpaired) electrons. The van der Waals surface area contributed by atoms with Crippen molar-refractivity contribution in [3.05, 3.63) is 34.4 Å². The zero-order valence-corrected chi connectivity index (χ0v) is 9.83. The van der Waals surface area contributed by atoms with E-state index in [4.69, 9.17) is 22.4 Å². The lowest BCUT2D eigenvalue weighted by atomic mass is 10.0. The highest BCUT2D eigenvalue weighted by atomic mass is 35.5. The highest BCUT2D eigenvalue weighted by molar-refractivity contribution is 6.31. The maximum Gasteiger partial charge on any atom is 0.289 e. The van der Waals surface area contributed by atoms with Gasteiger partial charge in [-0.05, 0) is 12.1 Å². The van der Waals surface area contributed by atoms with Gasteiger partial charge in [-0.1, -0.05) is 11.6 Å². The van der Waals surface area contributed by atoms with Crippen LogP contribution in [0.3, 0.4) is 0 Å². The van der Waals surface area contributed by atoms with Crippen molar-refractivity contribution in [3.8, 4) is 0 Å². The molecule has 0 heterocycles. The topological polar surface area (TPSA) is 46.2 Å². The molecule has 0 bridgehead atoms. The molecule has 3 N–H and O–H groups in total. The van der Waals surface area contributed by atoms with Crippen molar-refractivity contribution in [2.45, 2.75) is 12.0 Å². The number of aliphatic hydroxyl groups is 1. The van der Waals surface area contributed by atoms with Crippen molar-refractivity contribution in [3.63, 3.8) is 0 Å². The van der Waals surface area contributed by atoms with E-state index in [1.807, 2.05) is 0 Å². The predicted molar refractivity (Wildman–Crippen MR) is 57.6 cm³/mol. The molecule has 17 heavy (non-hydrogen) atoms. The molecule has 0 saturated heterocycles. The first kappa shape index (κ1) is 16.4. The van der Waals surface area contributed by atoms with Gasteiger partial charge in [-0.2, -0.15) is 0 Å². The molecule has 1 aromatic carbocycles. The maximum absolute atomic E-state index is 13.2. The van der Waals surface area contributed by atoms with E-state index in [0.717, 1.165) is 0 Å². The fourth-order valence-electron chi connectivity index (χ4n) is 1.14. The molecular weight excluding hydrogens is 285 g/mol. The van der Waals surface area contributed by atoms with Gasteiger partial charge in [0.05, 0.1) is 5.02 Å². The van der Waals surface area contributed by atoms with Crippen molar-refractivity contribution in [2.75, 3.05) is 6.61 Å². The van der Waals surface area contributed by atoms with Crippen LogP contribution in [0.15, 0.2) is 12.1 Å². The number of aliphatic hydroxyl groups excluding tert-OH is 1. The van der Waals surface area contributed by atoms with E-state index < -0.39 is 40.8 Å². The van der Waals surface area contributed by atoms with E-state index >= 15 is 0 Å². The summed E-state index contributed by atoms with van der Waals surface area (Å²) < 4.78 is 52.2. The number of rotatable bonds is 3. The number of alkyl halides is 2. The van der Waals surface area contributed by atoms with Gasteiger partial charge in [-0.25, -0.2) is 17.6 Å². The van der Waals surface area contributed by atoms with Crippen molar-refractivity contribution in [1.29, 1.82) is 0 Å². The molecule has 8 heteroatoms. The second-order valence-electron chi connectivity index (χ2n) is 3.15. The Bertz CT molecular complexity index is 403. The standard InChI is InChI=1S/C9H8ClF4NO.ClH/c10-7-5(12)2-1-4(11)6(7)8(15)9(13,14)3-16;/h1-2,8,16H,3,15H2;1H/t8-;/m1./s1. The van der Waals surface area contributed by atoms with Crippen LogP contribution in [-0.2, 0) is 0 Å². The van der Waals surface area contributed by atoms with Crippen molar-refractivity contribution in [1.82, 2.24) is 0 Å². The molecule has 98 valence electrons. The molecule has 1 atom stereocenters. The van der Waals surface area contributed by atoms with Gasteiger partial charge in [0.1, 0.15) is 24.3 Å². The number of nitrogens with two attached hydrogens (primary N) is 1. The first-order chi connectivity index (χ1) is 7.31. The minimum atomic E-state index is -3.78. The highest BCUT2D eigenvalue weighted by Crippen LogP contribution is 2.35. The lowest BCUT2D eigenvalue weighted by Crippen LogP contribution is -2.37. The van der Waals surface area contributed by atoms with E-state index in [-0.39, 0.29) is 12.4 Å². The zero-order chi connectivity index (χ0) is 12.5. The Kier molecular flexibility index (Phi) is 5.67. The van der Waals surface area contributed by atoms with Crippen molar-refractivity contribution in [2.24, 2.45) is 5.73 Å². The lowest BCUT2D eigenvalue weighted by Gasteiger charge is -2.23. The summed E-state index contributed by atoms with van der Waals surface area (Å²) in [4.78, 5) is 0. The Morgan fingerprint density at radius 2 is 1.76 bits per heavy atom. The fraction of sp³-hybridized carbons (Fsp3) is 0.333. The summed E-state index contributed by atoms with van der Waals surface area (Å²) in [6, 6.07) is -0.866. The Morgan fingerprint density at radius 1 is 1.29 bits per heavy atom. The van der Waals surface area contributed by atoms with Gasteiger partial charge in [0, 0.05) is 5.56 Å². The number of halogens is 6. The second-order valence-corrected chi connectivity index (χ2v) is 3.53. The molecule has 0 unspecified atom stereocenters. The number of benzene rings is 1. The number of hydrogen-bond acceptors (Lipinski definition) is 2. The lowest BCUT2D eigenvalue weighted by molar-refractivity contribution is -0.0719. The summed E-state index contributed by atoms with van der Waals surface area (Å²) in [5, 5.41) is 7.58. The molecule has 0 aliphatic carbocycles. The Balaban J connectivity index is 0.00000256. The van der Waals surface area contributed by atoms with Gasteiger partial charge in [0.2, 0.25) is 0 Å². The highest BCUT2D eigenvalue weighted by Gasteiger charge is 2.40. The van der Waals surface area contributed by atoms with Crippen molar-refractivity contribution >= 4 is 24.0 Å². The molecule has 2 nitrogen and oxygen atoms in total. The number of hydrogen-bond donors (Lipinski definition) is 2. The smallest absolute Gasteiger partial charge is 0.289 e. The molecule has 1 rings (SSSR count). The molecule has 0 saturated carbocycles. The molecule has 0 spiro atoms. The monoisotopic (exact) mass is 293 g/mol. The summed E-state index contributed by atoms with van der Waals surface area (Å²) in [6.45, 7) is -1.58. The van der Waals surface area contributed by atoms with Crippen LogP contribution in [0, 0.1) is 11.6 Å². The quantitative estimate of drug-likeness (QED) is 0.665. The molecular formula is C9H9Cl2F4NO. The van der Waals surface area contributed by atoms with Crippen LogP contribution in [-0.4, -0.2) is 17.6 Å². The third-order valence-corrected chi connectivity index (χ3v) is 2.44. The first-order valence-corrected chi connectivity index (χ1v) is 4.56. The van der Waals surface area contributed by atoms with Gasteiger partial charge in [0.15, 0.2) is 0 Å². The summed E-state index contributed by atoms with van der Waals surface area (Å²) in [7, 11) is 0. The van der Waals surface area contributed by atoms with E-state index in [0.29, 0.717) is 12.1 Å². The third-order valence-electron chi connectivity index (χ3n) is 2.06. The van der Waals surface area contributed by atoms with Crippen LogP contribution >= 0.6 is 24.0 Å². The average molecular weight is 294 g/mol. The van der Waals surface area contributed by atoms with Crippen molar-refractivity contribution < 1.29 is 22.7 Å².